The number of aromatic carboxylic acids is 1. The van der Waals surface area contributed by atoms with Gasteiger partial charge in [0.2, 0.25) is 0 Å². The van der Waals surface area contributed by atoms with Gasteiger partial charge >= 0.3 is 5.97 Å². The van der Waals surface area contributed by atoms with Gasteiger partial charge in [-0.15, -0.1) is 0 Å². The van der Waals surface area contributed by atoms with Crippen molar-refractivity contribution >= 4 is 29.4 Å². The average molecular weight is 452 g/mol. The molecule has 1 aliphatic heterocycles. The van der Waals surface area contributed by atoms with Crippen molar-refractivity contribution in [3.05, 3.63) is 102 Å². The van der Waals surface area contributed by atoms with E-state index in [1.54, 1.807) is 35.2 Å². The number of hydrogen-bond acceptors (Lipinski definition) is 5. The largest absolute Gasteiger partial charge is 0.478 e. The number of furan rings is 1. The van der Waals surface area contributed by atoms with Gasteiger partial charge in [-0.2, -0.15) is 15.2 Å². The number of anilines is 1. The molecule has 0 fully saturated rings. The van der Waals surface area contributed by atoms with E-state index in [0.29, 0.717) is 34.9 Å². The van der Waals surface area contributed by atoms with Gasteiger partial charge in [0.15, 0.2) is 0 Å². The molecule has 0 bridgehead atoms. The number of hydrazone groups is 1. The van der Waals surface area contributed by atoms with Crippen LogP contribution in [0.2, 0.25) is 0 Å². The summed E-state index contributed by atoms with van der Waals surface area (Å²) in [6.45, 7) is 0. The van der Waals surface area contributed by atoms with Crippen LogP contribution >= 0.6 is 0 Å². The third-order valence-electron chi connectivity index (χ3n) is 5.41. The van der Waals surface area contributed by atoms with Crippen molar-refractivity contribution in [2.75, 3.05) is 5.01 Å². The van der Waals surface area contributed by atoms with Crippen molar-refractivity contribution in [2.24, 2.45) is 12.1 Å². The Labute approximate surface area is 195 Å². The van der Waals surface area contributed by atoms with Crippen LogP contribution in [0.4, 0.5) is 5.69 Å². The molecule has 0 unspecified atom stereocenters. The maximum Gasteiger partial charge on any atom is 0.335 e. The standard InChI is InChI=1S/C26H20N4O4/c1-29-16-19(15-27-29)24-11-10-21(34-24)14-22-23(12-17-6-3-2-4-7-17)28-30(25(22)31)20-9-5-8-18(13-20)26(32)33/h2-11,13-16H,12H2,1H3,(H,32,33)/b22-14-. The number of carboxylic acids is 1. The van der Waals surface area contributed by atoms with Crippen LogP contribution in [0.25, 0.3) is 17.4 Å². The smallest absolute Gasteiger partial charge is 0.335 e. The molecule has 4 aromatic rings. The molecule has 0 saturated carbocycles. The van der Waals surface area contributed by atoms with Gasteiger partial charge in [0, 0.05) is 19.7 Å². The Morgan fingerprint density at radius 2 is 1.91 bits per heavy atom. The Bertz CT molecular complexity index is 1450. The summed E-state index contributed by atoms with van der Waals surface area (Å²) in [4.78, 5) is 24.8. The SMILES string of the molecule is Cn1cc(-c2ccc(/C=C3\C(=O)N(c4cccc(C(=O)O)c4)N=C3Cc3ccccc3)o2)cn1. The lowest BCUT2D eigenvalue weighted by molar-refractivity contribution is -0.114. The summed E-state index contributed by atoms with van der Waals surface area (Å²) in [6, 6.07) is 19.5. The summed E-state index contributed by atoms with van der Waals surface area (Å²) in [7, 11) is 1.83. The van der Waals surface area contributed by atoms with Crippen LogP contribution in [0.3, 0.4) is 0 Å². The summed E-state index contributed by atoms with van der Waals surface area (Å²) >= 11 is 0. The van der Waals surface area contributed by atoms with Gasteiger partial charge < -0.3 is 9.52 Å². The second-order valence-electron chi connectivity index (χ2n) is 7.84. The number of carbonyl (C=O) groups is 2. The molecule has 0 saturated heterocycles. The van der Waals surface area contributed by atoms with E-state index >= 15 is 0 Å². The fourth-order valence-corrected chi connectivity index (χ4v) is 3.74. The molecule has 1 N–H and O–H groups in total. The van der Waals surface area contributed by atoms with Crippen molar-refractivity contribution in [3.8, 4) is 11.3 Å². The zero-order valence-corrected chi connectivity index (χ0v) is 18.3. The highest BCUT2D eigenvalue weighted by atomic mass is 16.4. The summed E-state index contributed by atoms with van der Waals surface area (Å²) in [5.41, 5.74) is 3.24. The zero-order chi connectivity index (χ0) is 23.7. The van der Waals surface area contributed by atoms with Gasteiger partial charge in [-0.1, -0.05) is 36.4 Å². The minimum absolute atomic E-state index is 0.0784. The highest BCUT2D eigenvalue weighted by Gasteiger charge is 2.32. The maximum absolute atomic E-state index is 13.4. The molecular formula is C26H20N4O4. The maximum atomic E-state index is 13.4. The molecule has 8 nitrogen and oxygen atoms in total. The summed E-state index contributed by atoms with van der Waals surface area (Å²) in [5, 5.41) is 19.3. The van der Waals surface area contributed by atoms with Crippen molar-refractivity contribution < 1.29 is 19.1 Å². The number of amides is 1. The second-order valence-corrected chi connectivity index (χ2v) is 7.84. The minimum Gasteiger partial charge on any atom is -0.478 e. The van der Waals surface area contributed by atoms with Crippen LogP contribution in [0, 0.1) is 0 Å². The van der Waals surface area contributed by atoms with Crippen LogP contribution in [-0.2, 0) is 18.3 Å². The number of carboxylic acid groups (broad SMARTS) is 1. The number of carbonyl (C=O) groups excluding carboxylic acids is 1. The first-order chi connectivity index (χ1) is 16.5. The third kappa shape index (κ3) is 4.16. The van der Waals surface area contributed by atoms with E-state index in [4.69, 9.17) is 4.42 Å². The second kappa shape index (κ2) is 8.67. The van der Waals surface area contributed by atoms with Crippen LogP contribution in [0.15, 0.2) is 94.2 Å². The first kappa shape index (κ1) is 21.1. The predicted molar refractivity (Wildman–Crippen MR) is 127 cm³/mol. The number of rotatable bonds is 6. The van der Waals surface area contributed by atoms with E-state index in [1.807, 2.05) is 49.6 Å². The van der Waals surface area contributed by atoms with Crippen molar-refractivity contribution in [3.63, 3.8) is 0 Å². The molecule has 8 heteroatoms. The van der Waals surface area contributed by atoms with Crippen LogP contribution in [-0.4, -0.2) is 32.5 Å². The monoisotopic (exact) mass is 452 g/mol. The summed E-state index contributed by atoms with van der Waals surface area (Å²) in [5.74, 6) is -0.286. The Balaban J connectivity index is 1.52. The minimum atomic E-state index is -1.07. The number of aryl methyl sites for hydroxylation is 1. The molecule has 2 aromatic heterocycles. The summed E-state index contributed by atoms with van der Waals surface area (Å²) in [6.07, 6.45) is 5.65. The highest BCUT2D eigenvalue weighted by Crippen LogP contribution is 2.29. The van der Waals surface area contributed by atoms with E-state index in [0.717, 1.165) is 11.1 Å². The molecule has 0 aliphatic carbocycles. The molecule has 3 heterocycles. The molecule has 168 valence electrons. The number of nitrogens with zero attached hydrogens (tertiary/aromatic N) is 4. The van der Waals surface area contributed by atoms with Gasteiger partial charge in [-0.05, 0) is 42.0 Å². The molecule has 0 radical (unpaired) electrons. The topological polar surface area (TPSA) is 101 Å². The zero-order valence-electron chi connectivity index (χ0n) is 18.3. The van der Waals surface area contributed by atoms with Gasteiger partial charge in [-0.3, -0.25) is 9.48 Å². The Hall–Kier alpha value is -4.72. The predicted octanol–water partition coefficient (Wildman–Crippen LogP) is 4.41. The van der Waals surface area contributed by atoms with Gasteiger partial charge in [0.05, 0.1) is 34.3 Å². The molecule has 2 aromatic carbocycles. The Morgan fingerprint density at radius 1 is 1.09 bits per heavy atom. The average Bonchev–Trinajstić information content (AvgIpc) is 3.56. The van der Waals surface area contributed by atoms with E-state index in [-0.39, 0.29) is 11.5 Å². The first-order valence-electron chi connectivity index (χ1n) is 10.6. The molecule has 0 atom stereocenters. The normalized spacial score (nSPS) is 14.6. The van der Waals surface area contributed by atoms with Crippen molar-refractivity contribution in [1.82, 2.24) is 9.78 Å². The summed E-state index contributed by atoms with van der Waals surface area (Å²) < 4.78 is 7.63. The molecule has 34 heavy (non-hydrogen) atoms. The molecular weight excluding hydrogens is 432 g/mol. The van der Waals surface area contributed by atoms with Crippen LogP contribution in [0.5, 0.6) is 0 Å². The molecule has 1 amide bonds. The lowest BCUT2D eigenvalue weighted by atomic mass is 10.0. The number of benzene rings is 2. The van der Waals surface area contributed by atoms with Gasteiger partial charge in [-0.25, -0.2) is 4.79 Å². The van der Waals surface area contributed by atoms with Crippen molar-refractivity contribution in [2.45, 2.75) is 6.42 Å². The van der Waals surface area contributed by atoms with Gasteiger partial charge in [0.25, 0.3) is 5.91 Å². The van der Waals surface area contributed by atoms with E-state index < -0.39 is 5.97 Å². The van der Waals surface area contributed by atoms with Crippen LogP contribution in [0.1, 0.15) is 21.7 Å². The van der Waals surface area contributed by atoms with E-state index in [9.17, 15) is 14.7 Å². The third-order valence-corrected chi connectivity index (χ3v) is 5.41. The van der Waals surface area contributed by atoms with Gasteiger partial charge in [0.1, 0.15) is 11.5 Å². The quantitative estimate of drug-likeness (QED) is 0.437. The first-order valence-corrected chi connectivity index (χ1v) is 10.6. The molecule has 1 aliphatic rings. The molecule has 5 rings (SSSR count). The lowest BCUT2D eigenvalue weighted by Gasteiger charge is -2.12. The van der Waals surface area contributed by atoms with Crippen molar-refractivity contribution in [1.29, 1.82) is 0 Å². The van der Waals surface area contributed by atoms with E-state index in [2.05, 4.69) is 10.2 Å². The number of hydrogen-bond donors (Lipinski definition) is 1. The Morgan fingerprint density at radius 3 is 2.65 bits per heavy atom. The Kier molecular flexibility index (Phi) is 5.39. The van der Waals surface area contributed by atoms with Crippen LogP contribution < -0.4 is 5.01 Å². The molecule has 0 spiro atoms. The fourth-order valence-electron chi connectivity index (χ4n) is 3.74. The number of aromatic nitrogens is 2. The highest BCUT2D eigenvalue weighted by molar-refractivity contribution is 6.33. The lowest BCUT2D eigenvalue weighted by Crippen LogP contribution is -2.21. The van der Waals surface area contributed by atoms with E-state index in [1.165, 1.54) is 17.1 Å². The fraction of sp³-hybridized carbons (Fsp3) is 0.0769.